The van der Waals surface area contributed by atoms with Crippen LogP contribution in [-0.4, -0.2) is 66.2 Å². The predicted molar refractivity (Wildman–Crippen MR) is 91.1 cm³/mol. The molecular weight excluding hydrogens is 290 g/mol. The Labute approximate surface area is 140 Å². The fourth-order valence-corrected chi connectivity index (χ4v) is 4.73. The highest BCUT2D eigenvalue weighted by Gasteiger charge is 2.36. The number of likely N-dealkylation sites (tertiary alicyclic amines) is 1. The number of morpholine rings is 1. The van der Waals surface area contributed by atoms with Crippen LogP contribution in [0.4, 0.5) is 0 Å². The number of nitrogens with zero attached hydrogens (tertiary/aromatic N) is 2. The van der Waals surface area contributed by atoms with Gasteiger partial charge in [0, 0.05) is 44.2 Å². The van der Waals surface area contributed by atoms with Gasteiger partial charge in [-0.3, -0.25) is 9.69 Å². The van der Waals surface area contributed by atoms with Crippen molar-refractivity contribution in [1.82, 2.24) is 9.80 Å². The molecule has 3 fully saturated rings. The molecule has 0 aromatic heterocycles. The Kier molecular flexibility index (Phi) is 5.60. The van der Waals surface area contributed by atoms with Crippen molar-refractivity contribution in [2.24, 2.45) is 11.7 Å². The third kappa shape index (κ3) is 4.25. The summed E-state index contributed by atoms with van der Waals surface area (Å²) in [6.07, 6.45) is 6.97. The number of ether oxygens (including phenoxy) is 1. The van der Waals surface area contributed by atoms with E-state index < -0.39 is 0 Å². The average molecular weight is 323 g/mol. The van der Waals surface area contributed by atoms with Crippen molar-refractivity contribution in [3.63, 3.8) is 0 Å². The summed E-state index contributed by atoms with van der Waals surface area (Å²) in [5.41, 5.74) is 6.08. The van der Waals surface area contributed by atoms with E-state index in [0.717, 1.165) is 64.7 Å². The molecule has 2 aliphatic heterocycles. The maximum Gasteiger partial charge on any atom is 0.226 e. The lowest BCUT2D eigenvalue weighted by Gasteiger charge is -2.39. The van der Waals surface area contributed by atoms with E-state index in [-0.39, 0.29) is 12.0 Å². The van der Waals surface area contributed by atoms with Crippen molar-refractivity contribution in [2.45, 2.75) is 76.7 Å². The number of carbonyl (C=O) groups excluding carboxylic acids is 1. The molecule has 5 atom stereocenters. The molecule has 0 aromatic rings. The molecule has 2 N–H and O–H groups in total. The molecule has 5 nitrogen and oxygen atoms in total. The summed E-state index contributed by atoms with van der Waals surface area (Å²) in [5, 5.41) is 0. The van der Waals surface area contributed by atoms with Gasteiger partial charge in [0.2, 0.25) is 5.91 Å². The minimum absolute atomic E-state index is 0.168. The highest BCUT2D eigenvalue weighted by Crippen LogP contribution is 2.29. The quantitative estimate of drug-likeness (QED) is 0.857. The monoisotopic (exact) mass is 323 g/mol. The number of hydrogen-bond acceptors (Lipinski definition) is 4. The molecule has 0 unspecified atom stereocenters. The molecular formula is C18H33N3O2. The number of nitrogens with two attached hydrogens (primary N) is 1. The van der Waals surface area contributed by atoms with Gasteiger partial charge in [0.15, 0.2) is 0 Å². The maximum atomic E-state index is 13.0. The van der Waals surface area contributed by atoms with E-state index in [0.29, 0.717) is 24.2 Å². The normalized spacial score (nSPS) is 39.6. The third-order valence-corrected chi connectivity index (χ3v) is 5.69. The van der Waals surface area contributed by atoms with E-state index in [9.17, 15) is 4.79 Å². The van der Waals surface area contributed by atoms with Crippen molar-refractivity contribution < 1.29 is 9.53 Å². The molecule has 0 aromatic carbocycles. The lowest BCUT2D eigenvalue weighted by Crippen LogP contribution is -2.52. The van der Waals surface area contributed by atoms with E-state index >= 15 is 0 Å². The molecule has 3 rings (SSSR count). The molecule has 1 saturated carbocycles. The van der Waals surface area contributed by atoms with Crippen LogP contribution < -0.4 is 5.73 Å². The zero-order chi connectivity index (χ0) is 16.4. The second kappa shape index (κ2) is 7.49. The van der Waals surface area contributed by atoms with Gasteiger partial charge in [-0.1, -0.05) is 6.42 Å². The molecule has 132 valence electrons. The smallest absolute Gasteiger partial charge is 0.226 e. The van der Waals surface area contributed by atoms with Gasteiger partial charge in [-0.15, -0.1) is 0 Å². The Morgan fingerprint density at radius 2 is 1.87 bits per heavy atom. The molecule has 2 heterocycles. The van der Waals surface area contributed by atoms with Crippen LogP contribution in [0, 0.1) is 5.92 Å². The highest BCUT2D eigenvalue weighted by molar-refractivity contribution is 5.79. The third-order valence-electron chi connectivity index (χ3n) is 5.69. The van der Waals surface area contributed by atoms with Crippen molar-refractivity contribution in [3.8, 4) is 0 Å². The van der Waals surface area contributed by atoms with E-state index in [1.54, 1.807) is 0 Å². The minimum Gasteiger partial charge on any atom is -0.373 e. The van der Waals surface area contributed by atoms with Crippen molar-refractivity contribution >= 4 is 5.91 Å². The Morgan fingerprint density at radius 3 is 2.57 bits per heavy atom. The van der Waals surface area contributed by atoms with Gasteiger partial charge < -0.3 is 15.4 Å². The molecule has 2 saturated heterocycles. The zero-order valence-electron chi connectivity index (χ0n) is 14.7. The van der Waals surface area contributed by atoms with Gasteiger partial charge in [0.25, 0.3) is 0 Å². The Morgan fingerprint density at radius 1 is 1.13 bits per heavy atom. The van der Waals surface area contributed by atoms with Crippen LogP contribution in [0.3, 0.4) is 0 Å². The topological polar surface area (TPSA) is 58.8 Å². The van der Waals surface area contributed by atoms with E-state index in [1.807, 2.05) is 0 Å². The fraction of sp³-hybridized carbons (Fsp3) is 0.944. The average Bonchev–Trinajstić information content (AvgIpc) is 2.93. The molecule has 0 spiro atoms. The van der Waals surface area contributed by atoms with Crippen LogP contribution in [0.15, 0.2) is 0 Å². The summed E-state index contributed by atoms with van der Waals surface area (Å²) in [4.78, 5) is 17.6. The van der Waals surface area contributed by atoms with E-state index in [1.165, 1.54) is 0 Å². The first kappa shape index (κ1) is 17.2. The van der Waals surface area contributed by atoms with Gasteiger partial charge in [-0.25, -0.2) is 0 Å². The van der Waals surface area contributed by atoms with Gasteiger partial charge in [-0.05, 0) is 46.0 Å². The summed E-state index contributed by atoms with van der Waals surface area (Å²) in [5.74, 6) is 0.541. The number of carbonyl (C=O) groups is 1. The van der Waals surface area contributed by atoms with Gasteiger partial charge in [0.05, 0.1) is 12.2 Å². The van der Waals surface area contributed by atoms with Crippen LogP contribution in [0.25, 0.3) is 0 Å². The van der Waals surface area contributed by atoms with Crippen LogP contribution in [-0.2, 0) is 9.53 Å². The zero-order valence-corrected chi connectivity index (χ0v) is 14.7. The van der Waals surface area contributed by atoms with Crippen LogP contribution in [0.5, 0.6) is 0 Å². The molecule has 3 aliphatic rings. The highest BCUT2D eigenvalue weighted by atomic mass is 16.5. The summed E-state index contributed by atoms with van der Waals surface area (Å²) >= 11 is 0. The van der Waals surface area contributed by atoms with E-state index in [4.69, 9.17) is 10.5 Å². The van der Waals surface area contributed by atoms with Crippen molar-refractivity contribution in [2.75, 3.05) is 26.2 Å². The maximum absolute atomic E-state index is 13.0. The van der Waals surface area contributed by atoms with Crippen molar-refractivity contribution in [1.29, 1.82) is 0 Å². The van der Waals surface area contributed by atoms with Gasteiger partial charge >= 0.3 is 0 Å². The summed E-state index contributed by atoms with van der Waals surface area (Å²) in [7, 11) is 0. The lowest BCUT2D eigenvalue weighted by molar-refractivity contribution is -0.138. The molecule has 1 amide bonds. The molecule has 1 aliphatic carbocycles. The van der Waals surface area contributed by atoms with Crippen LogP contribution >= 0.6 is 0 Å². The predicted octanol–water partition coefficient (Wildman–Crippen LogP) is 1.60. The lowest BCUT2D eigenvalue weighted by atomic mass is 9.85. The summed E-state index contributed by atoms with van der Waals surface area (Å²) in [6, 6.07) is 0.609. The first-order valence-electron chi connectivity index (χ1n) is 9.46. The summed E-state index contributed by atoms with van der Waals surface area (Å²) in [6.45, 7) is 8.19. The first-order valence-corrected chi connectivity index (χ1v) is 9.46. The Hall–Kier alpha value is -0.650. The number of amides is 1. The largest absolute Gasteiger partial charge is 0.373 e. The first-order chi connectivity index (χ1) is 11.0. The second-order valence-corrected chi connectivity index (χ2v) is 7.93. The van der Waals surface area contributed by atoms with Crippen molar-refractivity contribution in [3.05, 3.63) is 0 Å². The fourth-order valence-electron chi connectivity index (χ4n) is 4.73. The minimum atomic E-state index is 0.168. The van der Waals surface area contributed by atoms with E-state index in [2.05, 4.69) is 23.6 Å². The molecule has 0 radical (unpaired) electrons. The summed E-state index contributed by atoms with van der Waals surface area (Å²) < 4.78 is 5.83. The van der Waals surface area contributed by atoms with Crippen LogP contribution in [0.1, 0.15) is 52.4 Å². The standard InChI is InChI=1S/C18H33N3O2/c1-13-10-20(11-14(2)23-13)12-17-7-4-8-21(17)18(22)15-5-3-6-16(19)9-15/h13-17H,3-12,19H2,1-2H3/t13-,14+,15-,16+,17+/m1/s1. The Balaban J connectivity index is 1.57. The number of rotatable bonds is 3. The Bertz CT molecular complexity index is 407. The van der Waals surface area contributed by atoms with Crippen LogP contribution in [0.2, 0.25) is 0 Å². The van der Waals surface area contributed by atoms with Gasteiger partial charge in [-0.2, -0.15) is 0 Å². The molecule has 5 heteroatoms. The molecule has 0 bridgehead atoms. The van der Waals surface area contributed by atoms with Gasteiger partial charge in [0.1, 0.15) is 0 Å². The molecule has 23 heavy (non-hydrogen) atoms. The number of hydrogen-bond donors (Lipinski definition) is 1. The SMILES string of the molecule is C[C@@H]1CN(C[C@@H]2CCCN2C(=O)[C@@H]2CCC[C@H](N)C2)C[C@H](C)O1. The second-order valence-electron chi connectivity index (χ2n) is 7.93.